The standard InChI is InChI=1S/C137H122S2/c1-15-17-19-21-23-33-67-137(68-34-24-22-20-18-16-2)121-79-113-119(135(11,12)123-75-109(91-39-25-27-43-97(91)127(113)123)99-45-37-53-125-129(99)103-49-35-47-101(131(103)138-125)107-71-81(3)105(69-83(107)5)87-59-55-85(56-60-87)89-63-65-95-93-41-29-31-51-115(93)133(7,8)117(95)73-89)77-111(121)112-78-120-114(80-122(112)137)128-98-44-28-26-40-92(98)110(76-124(128)136(120,13)14)100-46-38-54-126-130(100)104-50-36-48-102(132(104)139-126)108-72-82(4)106(70-84(108)6)88-61-57-86(58-62-88)90-64-66-96-94-42-30-32-52-116(94)134(9,10)118(96)74-90/h25-32,35-66,69-80H,15-24,33-34,67-68H2,1-14H3. The van der Waals surface area contributed by atoms with E-state index < -0.39 is 0 Å². The van der Waals surface area contributed by atoms with Gasteiger partial charge in [-0.1, -0.05) is 401 Å². The number of thiophene rings is 2. The molecule has 0 saturated heterocycles. The number of unbranched alkanes of at least 4 members (excludes halogenated alkanes) is 10. The van der Waals surface area contributed by atoms with Gasteiger partial charge >= 0.3 is 0 Å². The van der Waals surface area contributed by atoms with E-state index in [1.807, 2.05) is 22.7 Å². The van der Waals surface area contributed by atoms with Crippen LogP contribution in [-0.4, -0.2) is 0 Å². The Labute approximate surface area is 830 Å². The van der Waals surface area contributed by atoms with E-state index in [0.717, 1.165) is 12.8 Å². The van der Waals surface area contributed by atoms with Crippen LogP contribution in [-0.2, 0) is 27.1 Å². The molecule has 682 valence electrons. The molecule has 20 aromatic rings. The molecule has 18 aromatic carbocycles. The summed E-state index contributed by atoms with van der Waals surface area (Å²) in [7, 11) is 0. The van der Waals surface area contributed by atoms with E-state index in [4.69, 9.17) is 0 Å². The summed E-state index contributed by atoms with van der Waals surface area (Å²) in [5, 5.41) is 10.7. The van der Waals surface area contributed by atoms with Crippen molar-refractivity contribution >= 4 is 84.6 Å². The Kier molecular flexibility index (Phi) is 20.8. The Morgan fingerprint density at radius 1 is 0.194 bits per heavy atom. The smallest absolute Gasteiger partial charge is 0.0434 e. The summed E-state index contributed by atoms with van der Waals surface area (Å²) < 4.78 is 5.35. The van der Waals surface area contributed by atoms with Crippen LogP contribution < -0.4 is 0 Å². The predicted octanol–water partition coefficient (Wildman–Crippen LogP) is 40.3. The van der Waals surface area contributed by atoms with E-state index in [1.54, 1.807) is 11.1 Å². The summed E-state index contributed by atoms with van der Waals surface area (Å²) in [5.41, 5.74) is 53.6. The fraction of sp³-hybridized carbons (Fsp3) is 0.241. The third-order valence-electron chi connectivity index (χ3n) is 34.4. The summed E-state index contributed by atoms with van der Waals surface area (Å²) >= 11 is 3.92. The van der Waals surface area contributed by atoms with Crippen molar-refractivity contribution in [3.63, 3.8) is 0 Å². The van der Waals surface area contributed by atoms with Crippen LogP contribution in [0.4, 0.5) is 0 Å². The summed E-state index contributed by atoms with van der Waals surface area (Å²) in [5.74, 6) is 0. The van der Waals surface area contributed by atoms with Gasteiger partial charge in [0.25, 0.3) is 0 Å². The highest BCUT2D eigenvalue weighted by Gasteiger charge is 2.50. The Morgan fingerprint density at radius 3 is 0.921 bits per heavy atom. The molecule has 0 radical (unpaired) electrons. The second-order valence-corrected chi connectivity index (χ2v) is 46.1. The van der Waals surface area contributed by atoms with Crippen LogP contribution in [0.15, 0.2) is 315 Å². The maximum atomic E-state index is 2.83. The van der Waals surface area contributed by atoms with Crippen LogP contribution in [0.3, 0.4) is 0 Å². The monoisotopic (exact) mass is 1830 g/mol. The van der Waals surface area contributed by atoms with Crippen molar-refractivity contribution in [2.75, 3.05) is 0 Å². The highest BCUT2D eigenvalue weighted by molar-refractivity contribution is 7.27. The Balaban J connectivity index is 0.570. The molecule has 0 saturated carbocycles. The average molecular weight is 1830 g/mol. The first kappa shape index (κ1) is 87.4. The SMILES string of the molecule is CCCCCCCCC1(CCCCCCCC)c2cc3c(cc2-c2cc4c(cc21)-c1c(cc(-c2cccc5sc6c(-c7cc(C)c(-c8ccc(-c9ccc%10c(c9)C(C)(C)c9ccccc9-%10)cc8)cc7C)cccc6c25)c2ccccc12)C4(C)C)C(C)(C)c1cc(-c2cccc4sc5c(-c6cc(C)c(-c7ccc(-c8ccc9c(c8)C(C)(C)c8ccccc8-9)cc7)cc6C)cccc5c24)c2ccccc2c1-3. The summed E-state index contributed by atoms with van der Waals surface area (Å²) in [6, 6.07) is 125. The quantitative estimate of drug-likeness (QED) is 0.0593. The highest BCUT2D eigenvalue weighted by atomic mass is 32.1. The zero-order valence-electron chi connectivity index (χ0n) is 83.2. The number of benzene rings is 18. The van der Waals surface area contributed by atoms with Gasteiger partial charge in [0.1, 0.15) is 0 Å². The molecule has 5 aliphatic carbocycles. The van der Waals surface area contributed by atoms with Gasteiger partial charge in [0, 0.05) is 67.4 Å². The minimum absolute atomic E-state index is 0.0433. The van der Waals surface area contributed by atoms with Gasteiger partial charge < -0.3 is 0 Å². The zero-order chi connectivity index (χ0) is 94.6. The van der Waals surface area contributed by atoms with Crippen LogP contribution >= 0.6 is 22.7 Å². The van der Waals surface area contributed by atoms with Crippen LogP contribution in [0, 0.1) is 27.7 Å². The average Bonchev–Trinajstić information content (AvgIpc) is 1.51. The highest BCUT2D eigenvalue weighted by Crippen LogP contribution is 2.66. The number of hydrogen-bond donors (Lipinski definition) is 0. The second-order valence-electron chi connectivity index (χ2n) is 43.9. The van der Waals surface area contributed by atoms with Crippen LogP contribution in [0.1, 0.15) is 237 Å². The van der Waals surface area contributed by atoms with Crippen molar-refractivity contribution < 1.29 is 0 Å². The molecule has 0 nitrogen and oxygen atoms in total. The molecule has 0 N–H and O–H groups in total. The van der Waals surface area contributed by atoms with Gasteiger partial charge in [-0.2, -0.15) is 0 Å². The molecule has 139 heavy (non-hydrogen) atoms. The molecule has 0 fully saturated rings. The predicted molar refractivity (Wildman–Crippen MR) is 602 cm³/mol. The van der Waals surface area contributed by atoms with Gasteiger partial charge in [-0.05, 0) is 345 Å². The van der Waals surface area contributed by atoms with E-state index in [2.05, 4.69) is 412 Å². The van der Waals surface area contributed by atoms with E-state index in [-0.39, 0.29) is 27.1 Å². The number of aryl methyl sites for hydroxylation is 4. The lowest BCUT2D eigenvalue weighted by atomic mass is 9.69. The van der Waals surface area contributed by atoms with Gasteiger partial charge in [0.15, 0.2) is 0 Å². The molecule has 0 aliphatic heterocycles. The van der Waals surface area contributed by atoms with E-state index in [0.29, 0.717) is 0 Å². The molecule has 5 aliphatic rings. The maximum absolute atomic E-state index is 2.83. The maximum Gasteiger partial charge on any atom is 0.0434 e. The first-order valence-electron chi connectivity index (χ1n) is 51.9. The number of rotatable bonds is 22. The normalized spacial score (nSPS) is 14.8. The Morgan fingerprint density at radius 2 is 0.496 bits per heavy atom. The van der Waals surface area contributed by atoms with Gasteiger partial charge in [-0.25, -0.2) is 0 Å². The zero-order valence-corrected chi connectivity index (χ0v) is 84.9. The molecule has 0 bridgehead atoms. The summed E-state index contributed by atoms with van der Waals surface area (Å²) in [4.78, 5) is 0. The Bertz CT molecular complexity index is 8050. The molecule has 0 amide bonds. The van der Waals surface area contributed by atoms with E-state index in [1.165, 1.54) is 350 Å². The summed E-state index contributed by atoms with van der Waals surface area (Å²) in [6.07, 6.45) is 17.6. The first-order chi connectivity index (χ1) is 67.5. The van der Waals surface area contributed by atoms with Crippen molar-refractivity contribution in [2.45, 2.75) is 214 Å². The van der Waals surface area contributed by atoms with Crippen LogP contribution in [0.5, 0.6) is 0 Å². The molecule has 0 spiro atoms. The van der Waals surface area contributed by atoms with Crippen molar-refractivity contribution in [3.05, 3.63) is 393 Å². The Hall–Kier alpha value is -13.1. The third-order valence-corrected chi connectivity index (χ3v) is 36.9. The third kappa shape index (κ3) is 13.4. The van der Waals surface area contributed by atoms with Crippen molar-refractivity contribution in [1.29, 1.82) is 0 Å². The largest absolute Gasteiger partial charge is 0.135 e. The lowest BCUT2D eigenvalue weighted by Crippen LogP contribution is -2.26. The first-order valence-corrected chi connectivity index (χ1v) is 53.5. The van der Waals surface area contributed by atoms with E-state index >= 15 is 0 Å². The minimum Gasteiger partial charge on any atom is -0.135 e. The van der Waals surface area contributed by atoms with Gasteiger partial charge in [0.2, 0.25) is 0 Å². The van der Waals surface area contributed by atoms with E-state index in [9.17, 15) is 0 Å². The van der Waals surface area contributed by atoms with Crippen molar-refractivity contribution in [2.24, 2.45) is 0 Å². The van der Waals surface area contributed by atoms with Crippen molar-refractivity contribution in [1.82, 2.24) is 0 Å². The van der Waals surface area contributed by atoms with Gasteiger partial charge in [-0.3, -0.25) is 0 Å². The van der Waals surface area contributed by atoms with Gasteiger partial charge in [0.05, 0.1) is 0 Å². The number of hydrogen-bond acceptors (Lipinski definition) is 2. The van der Waals surface area contributed by atoms with Crippen LogP contribution in [0.25, 0.3) is 207 Å². The fourth-order valence-corrected chi connectivity index (χ4v) is 29.5. The molecule has 0 atom stereocenters. The molecule has 2 heterocycles. The molecule has 2 heteroatoms. The lowest BCUT2D eigenvalue weighted by molar-refractivity contribution is 0.398. The second kappa shape index (κ2) is 33.0. The van der Waals surface area contributed by atoms with Crippen molar-refractivity contribution in [3.8, 4) is 145 Å². The molecule has 0 unspecified atom stereocenters. The lowest BCUT2D eigenvalue weighted by Gasteiger charge is -2.34. The van der Waals surface area contributed by atoms with Gasteiger partial charge in [-0.15, -0.1) is 22.7 Å². The topological polar surface area (TPSA) is 0 Å². The minimum atomic E-state index is -0.313. The molecular weight excluding hydrogens is 1710 g/mol. The fourth-order valence-electron chi connectivity index (χ4n) is 27.0. The molecular formula is C137H122S2. The summed E-state index contributed by atoms with van der Waals surface area (Å²) in [6.45, 7) is 33.7. The molecule has 25 rings (SSSR count). The molecule has 2 aromatic heterocycles. The van der Waals surface area contributed by atoms with Crippen LogP contribution in [0.2, 0.25) is 0 Å². The number of fused-ring (bicyclic) bond motifs is 25.